The number of carbonyl (C=O) groups is 1. The van der Waals surface area contributed by atoms with Crippen LogP contribution >= 0.6 is 23.2 Å². The van der Waals surface area contributed by atoms with Crippen molar-refractivity contribution in [3.8, 4) is 0 Å². The van der Waals surface area contributed by atoms with E-state index in [9.17, 15) is 21.6 Å². The van der Waals surface area contributed by atoms with Crippen LogP contribution in [0.1, 0.15) is 15.9 Å². The van der Waals surface area contributed by atoms with Crippen LogP contribution in [0.2, 0.25) is 10.0 Å². The summed E-state index contributed by atoms with van der Waals surface area (Å²) < 4.78 is 55.1. The normalized spacial score (nSPS) is 11.7. The van der Waals surface area contributed by atoms with Gasteiger partial charge in [-0.2, -0.15) is 0 Å². The number of benzene rings is 5. The predicted molar refractivity (Wildman–Crippen MR) is 173 cm³/mol. The third-order valence-corrected chi connectivity index (χ3v) is 9.87. The number of hydrogen-bond acceptors (Lipinski definition) is 5. The first-order valence-corrected chi connectivity index (χ1v) is 16.9. The van der Waals surface area contributed by atoms with Gasteiger partial charge in [-0.25, -0.2) is 16.8 Å². The van der Waals surface area contributed by atoms with Crippen LogP contribution in [0, 0.1) is 0 Å². The monoisotopic (exact) mass is 653 g/mol. The van der Waals surface area contributed by atoms with E-state index < -0.39 is 26.0 Å². The van der Waals surface area contributed by atoms with Gasteiger partial charge in [-0.15, -0.1) is 0 Å². The fraction of sp³-hybridized carbons (Fsp3) is 0.0645. The molecule has 1 amide bonds. The first-order chi connectivity index (χ1) is 20.4. The van der Waals surface area contributed by atoms with Crippen molar-refractivity contribution >= 4 is 77.0 Å². The summed E-state index contributed by atoms with van der Waals surface area (Å²) in [6, 6.07) is 29.5. The zero-order valence-corrected chi connectivity index (χ0v) is 25.8. The Morgan fingerprint density at radius 2 is 1.35 bits per heavy atom. The Labute approximate surface area is 260 Å². The van der Waals surface area contributed by atoms with Gasteiger partial charge in [-0.3, -0.25) is 13.8 Å². The molecule has 5 rings (SSSR count). The third-order valence-electron chi connectivity index (χ3n) is 6.64. The molecule has 0 unspecified atom stereocenters. The number of sulfonamides is 2. The molecule has 5 aromatic rings. The van der Waals surface area contributed by atoms with E-state index in [2.05, 4.69) is 10.0 Å². The lowest BCUT2D eigenvalue weighted by molar-refractivity contribution is 0.102. The molecular formula is C31H25Cl2N3O5S2. The van der Waals surface area contributed by atoms with Crippen LogP contribution in [0.15, 0.2) is 114 Å². The van der Waals surface area contributed by atoms with Gasteiger partial charge in [-0.1, -0.05) is 65.7 Å². The summed E-state index contributed by atoms with van der Waals surface area (Å²) in [5.74, 6) is -0.462. The highest BCUT2D eigenvalue weighted by Crippen LogP contribution is 2.30. The molecule has 5 aromatic carbocycles. The molecule has 0 heterocycles. The van der Waals surface area contributed by atoms with Crippen molar-refractivity contribution in [2.75, 3.05) is 20.6 Å². The Balaban J connectivity index is 1.29. The Morgan fingerprint density at radius 1 is 0.744 bits per heavy atom. The minimum absolute atomic E-state index is 0.0299. The lowest BCUT2D eigenvalue weighted by Gasteiger charge is -2.23. The minimum Gasteiger partial charge on any atom is -0.322 e. The maximum atomic E-state index is 13.1. The average Bonchev–Trinajstić information content (AvgIpc) is 2.97. The zero-order valence-electron chi connectivity index (χ0n) is 22.7. The molecule has 0 spiro atoms. The number of hydrogen-bond donors (Lipinski definition) is 2. The van der Waals surface area contributed by atoms with Gasteiger partial charge in [-0.05, 0) is 72.1 Å². The molecule has 0 aromatic heterocycles. The van der Waals surface area contributed by atoms with Crippen molar-refractivity contribution in [2.24, 2.45) is 0 Å². The van der Waals surface area contributed by atoms with Crippen molar-refractivity contribution in [3.63, 3.8) is 0 Å². The number of halogens is 2. The molecule has 0 saturated carbocycles. The van der Waals surface area contributed by atoms with Crippen LogP contribution in [0.3, 0.4) is 0 Å². The van der Waals surface area contributed by atoms with Crippen molar-refractivity contribution in [1.29, 1.82) is 0 Å². The molecule has 0 aliphatic carbocycles. The number of fused-ring (bicyclic) bond motifs is 1. The van der Waals surface area contributed by atoms with Crippen LogP contribution < -0.4 is 14.3 Å². The van der Waals surface area contributed by atoms with E-state index in [0.717, 1.165) is 21.3 Å². The van der Waals surface area contributed by atoms with E-state index in [1.165, 1.54) is 48.5 Å². The maximum Gasteiger partial charge on any atom is 0.261 e. The van der Waals surface area contributed by atoms with E-state index in [1.807, 2.05) is 30.3 Å². The van der Waals surface area contributed by atoms with E-state index in [4.69, 9.17) is 23.2 Å². The first kappa shape index (κ1) is 30.4. The van der Waals surface area contributed by atoms with Crippen LogP contribution in [-0.4, -0.2) is 29.0 Å². The lowest BCUT2D eigenvalue weighted by Crippen LogP contribution is -2.29. The van der Waals surface area contributed by atoms with Crippen molar-refractivity contribution in [2.45, 2.75) is 11.4 Å². The number of rotatable bonds is 9. The summed E-state index contributed by atoms with van der Waals surface area (Å²) >= 11 is 12.5. The van der Waals surface area contributed by atoms with Gasteiger partial charge in [0.1, 0.15) is 0 Å². The second-order valence-corrected chi connectivity index (χ2v) is 14.0. The van der Waals surface area contributed by atoms with Gasteiger partial charge >= 0.3 is 0 Å². The molecule has 0 atom stereocenters. The smallest absolute Gasteiger partial charge is 0.261 e. The van der Waals surface area contributed by atoms with Gasteiger partial charge < -0.3 is 5.32 Å². The molecule has 0 saturated heterocycles. The first-order valence-electron chi connectivity index (χ1n) is 12.8. The Bertz CT molecular complexity index is 2010. The third kappa shape index (κ3) is 6.94. The maximum absolute atomic E-state index is 13.1. The second kappa shape index (κ2) is 12.3. The fourth-order valence-electron chi connectivity index (χ4n) is 4.44. The molecule has 43 heavy (non-hydrogen) atoms. The highest BCUT2D eigenvalue weighted by Gasteiger charge is 2.21. The van der Waals surface area contributed by atoms with Crippen molar-refractivity contribution in [3.05, 3.63) is 130 Å². The van der Waals surface area contributed by atoms with E-state index >= 15 is 0 Å². The summed E-state index contributed by atoms with van der Waals surface area (Å²) in [4.78, 5) is 12.9. The van der Waals surface area contributed by atoms with E-state index in [0.29, 0.717) is 32.7 Å². The summed E-state index contributed by atoms with van der Waals surface area (Å²) in [6.07, 6.45) is 1.07. The topological polar surface area (TPSA) is 113 Å². The van der Waals surface area contributed by atoms with Crippen LogP contribution in [0.4, 0.5) is 17.1 Å². The van der Waals surface area contributed by atoms with Crippen LogP contribution in [-0.2, 0) is 26.6 Å². The largest absolute Gasteiger partial charge is 0.322 e. The number of amides is 1. The quantitative estimate of drug-likeness (QED) is 0.175. The number of nitrogens with zero attached hydrogens (tertiary/aromatic N) is 1. The van der Waals surface area contributed by atoms with Crippen molar-refractivity contribution in [1.82, 2.24) is 0 Å². The number of anilines is 3. The summed E-state index contributed by atoms with van der Waals surface area (Å²) in [5.41, 5.74) is 1.88. The van der Waals surface area contributed by atoms with Crippen molar-refractivity contribution < 1.29 is 21.6 Å². The van der Waals surface area contributed by atoms with E-state index in [1.54, 1.807) is 30.3 Å². The second-order valence-electron chi connectivity index (χ2n) is 9.63. The number of carbonyl (C=O) groups excluding carboxylic acids is 1. The molecule has 2 N–H and O–H groups in total. The average molecular weight is 655 g/mol. The SMILES string of the molecule is CS(=O)(=O)N(Cc1c(Cl)cccc1Cl)c1ccc(C(=O)Nc2ccc(S(=O)(=O)Nc3cccc4ccccc34)cc2)cc1. The number of nitrogens with one attached hydrogen (secondary N) is 2. The van der Waals surface area contributed by atoms with Gasteiger partial charge in [0.25, 0.3) is 15.9 Å². The highest BCUT2D eigenvalue weighted by atomic mass is 35.5. The predicted octanol–water partition coefficient (Wildman–Crippen LogP) is 7.17. The van der Waals surface area contributed by atoms with E-state index in [-0.39, 0.29) is 17.0 Å². The highest BCUT2D eigenvalue weighted by molar-refractivity contribution is 7.92. The van der Waals surface area contributed by atoms with Gasteiger partial charge in [0, 0.05) is 32.2 Å². The Kier molecular flexibility index (Phi) is 8.66. The van der Waals surface area contributed by atoms with Gasteiger partial charge in [0.15, 0.2) is 0 Å². The standard InChI is InChI=1S/C31H25Cl2N3O5S2/c1-42(38,39)36(20-27-28(32)9-5-10-29(27)33)24-16-12-22(13-17-24)31(37)34-23-14-18-25(19-15-23)43(40,41)35-30-11-4-7-21-6-2-3-8-26(21)30/h2-19,35H,20H2,1H3,(H,34,37). The zero-order chi connectivity index (χ0) is 30.8. The van der Waals surface area contributed by atoms with Gasteiger partial charge in [0.05, 0.1) is 29.1 Å². The minimum atomic E-state index is -3.89. The molecular weight excluding hydrogens is 629 g/mol. The van der Waals surface area contributed by atoms with Gasteiger partial charge in [0.2, 0.25) is 10.0 Å². The molecule has 0 aliphatic rings. The van der Waals surface area contributed by atoms with Crippen LogP contribution in [0.5, 0.6) is 0 Å². The summed E-state index contributed by atoms with van der Waals surface area (Å²) in [7, 11) is -7.61. The molecule has 12 heteroatoms. The molecule has 0 radical (unpaired) electrons. The summed E-state index contributed by atoms with van der Waals surface area (Å²) in [5, 5.41) is 5.07. The Morgan fingerprint density at radius 3 is 2.00 bits per heavy atom. The molecule has 0 bridgehead atoms. The molecule has 0 fully saturated rings. The summed E-state index contributed by atoms with van der Waals surface area (Å²) in [6.45, 7) is -0.0898. The Hall–Kier alpha value is -4.09. The molecule has 8 nitrogen and oxygen atoms in total. The lowest BCUT2D eigenvalue weighted by atomic mass is 10.1. The molecule has 0 aliphatic heterocycles. The fourth-order valence-corrected chi connectivity index (χ4v) is 6.91. The van der Waals surface area contributed by atoms with Crippen LogP contribution in [0.25, 0.3) is 10.8 Å². The molecule has 220 valence electrons.